The molecule has 0 radical (unpaired) electrons. The monoisotopic (exact) mass is 413 g/mol. The molecular weight excluding hydrogens is 394 g/mol. The van der Waals surface area contributed by atoms with Crippen LogP contribution in [0, 0.1) is 5.92 Å². The maximum absolute atomic E-state index is 12.8. The third kappa shape index (κ3) is 7.01. The Hall–Kier alpha value is -1.51. The number of amides is 2. The van der Waals surface area contributed by atoms with Gasteiger partial charge in [-0.1, -0.05) is 11.6 Å². The third-order valence-electron chi connectivity index (χ3n) is 3.77. The van der Waals surface area contributed by atoms with Crippen LogP contribution >= 0.6 is 24.0 Å². The molecule has 2 rings (SSSR count). The number of anilines is 1. The Morgan fingerprint density at radius 3 is 2.54 bits per heavy atom. The SMILES string of the molecule is CN(CC(=O)Nc1ccc(Cl)c(C(F)(F)F)c1)C(=O)CNCC1CC1.Cl. The smallest absolute Gasteiger partial charge is 0.335 e. The van der Waals surface area contributed by atoms with Gasteiger partial charge >= 0.3 is 6.18 Å². The third-order valence-corrected chi connectivity index (χ3v) is 4.10. The molecule has 0 unspecified atom stereocenters. The molecule has 0 spiro atoms. The Bertz CT molecular complexity index is 652. The first-order valence-electron chi connectivity index (χ1n) is 7.78. The predicted octanol–water partition coefficient (Wildman–Crippen LogP) is 3.18. The molecular formula is C16H20Cl2F3N3O2. The molecule has 5 nitrogen and oxygen atoms in total. The van der Waals surface area contributed by atoms with Gasteiger partial charge in [0.15, 0.2) is 0 Å². The topological polar surface area (TPSA) is 61.4 Å². The lowest BCUT2D eigenvalue weighted by atomic mass is 10.2. The number of alkyl halides is 3. The van der Waals surface area contributed by atoms with Gasteiger partial charge in [-0.15, -0.1) is 12.4 Å². The fourth-order valence-electron chi connectivity index (χ4n) is 2.16. The number of hydrogen-bond acceptors (Lipinski definition) is 3. The highest BCUT2D eigenvalue weighted by Gasteiger charge is 2.33. The van der Waals surface area contributed by atoms with E-state index in [1.807, 2.05) is 0 Å². The molecule has 0 aliphatic heterocycles. The van der Waals surface area contributed by atoms with E-state index in [-0.39, 0.29) is 37.1 Å². The van der Waals surface area contributed by atoms with Crippen LogP contribution < -0.4 is 10.6 Å². The van der Waals surface area contributed by atoms with E-state index in [9.17, 15) is 22.8 Å². The fourth-order valence-corrected chi connectivity index (χ4v) is 2.39. The predicted molar refractivity (Wildman–Crippen MR) is 95.6 cm³/mol. The van der Waals surface area contributed by atoms with Crippen molar-refractivity contribution in [3.63, 3.8) is 0 Å². The Kier molecular flexibility index (Phi) is 8.17. The average Bonchev–Trinajstić information content (AvgIpc) is 3.32. The summed E-state index contributed by atoms with van der Waals surface area (Å²) in [6, 6.07) is 3.10. The van der Waals surface area contributed by atoms with E-state index >= 15 is 0 Å². The number of carbonyl (C=O) groups excluding carboxylic acids is 2. The van der Waals surface area contributed by atoms with Gasteiger partial charge in [-0.25, -0.2) is 0 Å². The highest BCUT2D eigenvalue weighted by Crippen LogP contribution is 2.36. The summed E-state index contributed by atoms with van der Waals surface area (Å²) >= 11 is 5.53. The maximum atomic E-state index is 12.8. The number of benzene rings is 1. The van der Waals surface area contributed by atoms with Crippen molar-refractivity contribution in [2.24, 2.45) is 5.92 Å². The van der Waals surface area contributed by atoms with Crippen LogP contribution in [0.1, 0.15) is 18.4 Å². The molecule has 1 aromatic rings. The highest BCUT2D eigenvalue weighted by molar-refractivity contribution is 6.31. The van der Waals surface area contributed by atoms with Crippen LogP contribution in [0.4, 0.5) is 18.9 Å². The molecule has 1 aliphatic carbocycles. The second kappa shape index (κ2) is 9.43. The molecule has 1 fully saturated rings. The van der Waals surface area contributed by atoms with Crippen molar-refractivity contribution in [2.75, 3.05) is 32.0 Å². The van der Waals surface area contributed by atoms with Crippen LogP contribution in [-0.4, -0.2) is 43.4 Å². The van der Waals surface area contributed by atoms with Crippen molar-refractivity contribution in [3.05, 3.63) is 28.8 Å². The molecule has 0 heterocycles. The standard InChI is InChI=1S/C16H19ClF3N3O2.ClH/c1-23(15(25)8-21-7-10-2-3-10)9-14(24)22-11-4-5-13(17)12(6-11)16(18,19)20;/h4-6,10,21H,2-3,7-9H2,1H3,(H,22,24);1H. The van der Waals surface area contributed by atoms with Crippen LogP contribution in [0.2, 0.25) is 5.02 Å². The molecule has 1 aromatic carbocycles. The minimum atomic E-state index is -4.61. The van der Waals surface area contributed by atoms with Gasteiger partial charge in [0, 0.05) is 12.7 Å². The van der Waals surface area contributed by atoms with Crippen LogP contribution in [-0.2, 0) is 15.8 Å². The summed E-state index contributed by atoms with van der Waals surface area (Å²) in [4.78, 5) is 25.0. The molecule has 26 heavy (non-hydrogen) atoms. The lowest BCUT2D eigenvalue weighted by Crippen LogP contribution is -2.40. The molecule has 0 saturated heterocycles. The zero-order valence-corrected chi connectivity index (χ0v) is 15.6. The molecule has 0 bridgehead atoms. The second-order valence-corrected chi connectivity index (χ2v) is 6.47. The summed E-state index contributed by atoms with van der Waals surface area (Å²) in [5.74, 6) is -0.217. The summed E-state index contributed by atoms with van der Waals surface area (Å²) in [6.45, 7) is 0.643. The average molecular weight is 414 g/mol. The van der Waals surface area contributed by atoms with Crippen LogP contribution in [0.3, 0.4) is 0 Å². The first kappa shape index (κ1) is 22.5. The summed E-state index contributed by atoms with van der Waals surface area (Å²) in [5.41, 5.74) is -1.06. The van der Waals surface area contributed by atoms with Gasteiger partial charge in [0.2, 0.25) is 11.8 Å². The van der Waals surface area contributed by atoms with Gasteiger partial charge in [0.05, 0.1) is 23.7 Å². The summed E-state index contributed by atoms with van der Waals surface area (Å²) in [6.07, 6.45) is -2.28. The van der Waals surface area contributed by atoms with Crippen LogP contribution in [0.25, 0.3) is 0 Å². The largest absolute Gasteiger partial charge is 0.417 e. The zero-order valence-electron chi connectivity index (χ0n) is 14.0. The maximum Gasteiger partial charge on any atom is 0.417 e. The molecule has 2 N–H and O–H groups in total. The summed E-state index contributed by atoms with van der Waals surface area (Å²) in [5, 5.41) is 4.91. The van der Waals surface area contributed by atoms with E-state index in [2.05, 4.69) is 10.6 Å². The van der Waals surface area contributed by atoms with Crippen molar-refractivity contribution in [1.82, 2.24) is 10.2 Å². The number of likely N-dealkylation sites (N-methyl/N-ethyl adjacent to an activating group) is 1. The number of rotatable bonds is 7. The van der Waals surface area contributed by atoms with Crippen LogP contribution in [0.15, 0.2) is 18.2 Å². The lowest BCUT2D eigenvalue weighted by Gasteiger charge is -2.17. The zero-order chi connectivity index (χ0) is 18.6. The fraction of sp³-hybridized carbons (Fsp3) is 0.500. The minimum Gasteiger partial charge on any atom is -0.335 e. The molecule has 0 atom stereocenters. The van der Waals surface area contributed by atoms with E-state index in [0.717, 1.165) is 18.7 Å². The van der Waals surface area contributed by atoms with Crippen molar-refractivity contribution >= 4 is 41.5 Å². The molecule has 0 aromatic heterocycles. The van der Waals surface area contributed by atoms with E-state index < -0.39 is 22.7 Å². The Morgan fingerprint density at radius 2 is 1.96 bits per heavy atom. The summed E-state index contributed by atoms with van der Waals surface area (Å²) < 4.78 is 38.4. The first-order valence-corrected chi connectivity index (χ1v) is 8.16. The lowest BCUT2D eigenvalue weighted by molar-refractivity contribution is -0.137. The van der Waals surface area contributed by atoms with Crippen molar-refractivity contribution in [2.45, 2.75) is 19.0 Å². The van der Waals surface area contributed by atoms with Gasteiger partial charge < -0.3 is 15.5 Å². The van der Waals surface area contributed by atoms with Crippen molar-refractivity contribution < 1.29 is 22.8 Å². The van der Waals surface area contributed by atoms with E-state index in [1.54, 1.807) is 0 Å². The Labute approximate surface area is 160 Å². The molecule has 2 amide bonds. The molecule has 10 heteroatoms. The number of carbonyl (C=O) groups is 2. The quantitative estimate of drug-likeness (QED) is 0.721. The van der Waals surface area contributed by atoms with Crippen molar-refractivity contribution in [3.8, 4) is 0 Å². The van der Waals surface area contributed by atoms with Crippen LogP contribution in [0.5, 0.6) is 0 Å². The Balaban J connectivity index is 0.00000338. The Morgan fingerprint density at radius 1 is 1.31 bits per heavy atom. The minimum absolute atomic E-state index is 0. The second-order valence-electron chi connectivity index (χ2n) is 6.06. The molecule has 146 valence electrons. The number of nitrogens with one attached hydrogen (secondary N) is 2. The van der Waals surface area contributed by atoms with E-state index in [0.29, 0.717) is 5.92 Å². The number of hydrogen-bond donors (Lipinski definition) is 2. The number of halogens is 5. The van der Waals surface area contributed by atoms with E-state index in [4.69, 9.17) is 11.6 Å². The van der Waals surface area contributed by atoms with Gasteiger partial charge in [-0.05, 0) is 43.5 Å². The first-order chi connectivity index (χ1) is 11.7. The highest BCUT2D eigenvalue weighted by atomic mass is 35.5. The molecule has 1 saturated carbocycles. The van der Waals surface area contributed by atoms with E-state index in [1.165, 1.54) is 30.9 Å². The van der Waals surface area contributed by atoms with Gasteiger partial charge in [-0.2, -0.15) is 13.2 Å². The molecule has 1 aliphatic rings. The number of nitrogens with zero attached hydrogens (tertiary/aromatic N) is 1. The van der Waals surface area contributed by atoms with Gasteiger partial charge in [-0.3, -0.25) is 9.59 Å². The summed E-state index contributed by atoms with van der Waals surface area (Å²) in [7, 11) is 1.46. The van der Waals surface area contributed by atoms with Gasteiger partial charge in [0.1, 0.15) is 0 Å². The normalized spacial score (nSPS) is 13.7. The van der Waals surface area contributed by atoms with Gasteiger partial charge in [0.25, 0.3) is 0 Å². The van der Waals surface area contributed by atoms with Crippen molar-refractivity contribution in [1.29, 1.82) is 0 Å².